The molecule has 1 rings (SSSR count). The summed E-state index contributed by atoms with van der Waals surface area (Å²) in [5.74, 6) is 0.617. The fourth-order valence-corrected chi connectivity index (χ4v) is 1.33. The molecule has 0 aliphatic carbocycles. The average Bonchev–Trinajstić information content (AvgIpc) is 2.53. The van der Waals surface area contributed by atoms with Crippen LogP contribution in [0.5, 0.6) is 0 Å². The molecule has 0 saturated carbocycles. The number of halogens is 1. The summed E-state index contributed by atoms with van der Waals surface area (Å²) in [6.07, 6.45) is 1.88. The quantitative estimate of drug-likeness (QED) is 0.762. The standard InChI is InChI=1S/C8H13ClN2S/c1-8(2,5-9)11-4-7-3-10-6-12-7/h3,6,11H,4-5H2,1-2H3. The van der Waals surface area contributed by atoms with E-state index in [0.29, 0.717) is 5.88 Å². The zero-order chi connectivity index (χ0) is 9.03. The first-order valence-electron chi connectivity index (χ1n) is 3.82. The van der Waals surface area contributed by atoms with E-state index in [1.807, 2.05) is 11.7 Å². The number of thiazole rings is 1. The molecule has 0 spiro atoms. The Hall–Kier alpha value is -0.120. The maximum Gasteiger partial charge on any atom is 0.0794 e. The molecule has 1 N–H and O–H groups in total. The predicted octanol–water partition coefficient (Wildman–Crippen LogP) is 2.25. The van der Waals surface area contributed by atoms with Crippen molar-refractivity contribution in [3.8, 4) is 0 Å². The number of hydrogen-bond acceptors (Lipinski definition) is 3. The van der Waals surface area contributed by atoms with Crippen molar-refractivity contribution in [1.82, 2.24) is 10.3 Å². The Labute approximate surface area is 82.0 Å². The van der Waals surface area contributed by atoms with Gasteiger partial charge in [-0.05, 0) is 13.8 Å². The van der Waals surface area contributed by atoms with Gasteiger partial charge in [0.05, 0.1) is 5.51 Å². The fourth-order valence-electron chi connectivity index (χ4n) is 0.703. The van der Waals surface area contributed by atoms with Gasteiger partial charge in [-0.25, -0.2) is 0 Å². The van der Waals surface area contributed by atoms with Gasteiger partial charge < -0.3 is 5.32 Å². The minimum Gasteiger partial charge on any atom is -0.306 e. The van der Waals surface area contributed by atoms with E-state index < -0.39 is 0 Å². The SMILES string of the molecule is CC(C)(CCl)NCc1cncs1. The van der Waals surface area contributed by atoms with Crippen LogP contribution in [0.15, 0.2) is 11.7 Å². The first-order valence-corrected chi connectivity index (χ1v) is 5.24. The number of hydrogen-bond donors (Lipinski definition) is 1. The Bertz CT molecular complexity index is 221. The third kappa shape index (κ3) is 3.09. The molecule has 1 aromatic heterocycles. The van der Waals surface area contributed by atoms with Crippen molar-refractivity contribution < 1.29 is 0 Å². The third-order valence-corrected chi connectivity index (χ3v) is 3.01. The second-order valence-corrected chi connectivity index (χ2v) is 4.58. The molecule has 0 bridgehead atoms. The molecule has 0 aliphatic rings. The topological polar surface area (TPSA) is 24.9 Å². The third-order valence-electron chi connectivity index (χ3n) is 1.56. The van der Waals surface area contributed by atoms with Gasteiger partial charge >= 0.3 is 0 Å². The van der Waals surface area contributed by atoms with Crippen molar-refractivity contribution in [2.24, 2.45) is 0 Å². The molecule has 4 heteroatoms. The number of nitrogens with one attached hydrogen (secondary N) is 1. The van der Waals surface area contributed by atoms with Crippen molar-refractivity contribution in [2.45, 2.75) is 25.9 Å². The second-order valence-electron chi connectivity index (χ2n) is 3.34. The normalized spacial score (nSPS) is 11.9. The fraction of sp³-hybridized carbons (Fsp3) is 0.625. The van der Waals surface area contributed by atoms with Gasteiger partial charge in [0.15, 0.2) is 0 Å². The van der Waals surface area contributed by atoms with E-state index in [0.717, 1.165) is 6.54 Å². The summed E-state index contributed by atoms with van der Waals surface area (Å²) in [7, 11) is 0. The van der Waals surface area contributed by atoms with Crippen LogP contribution in [0.3, 0.4) is 0 Å². The van der Waals surface area contributed by atoms with E-state index in [-0.39, 0.29) is 5.54 Å². The van der Waals surface area contributed by atoms with E-state index in [2.05, 4.69) is 24.1 Å². The second kappa shape index (κ2) is 4.21. The summed E-state index contributed by atoms with van der Waals surface area (Å²) in [5.41, 5.74) is 1.84. The molecule has 2 nitrogen and oxygen atoms in total. The maximum atomic E-state index is 5.76. The highest BCUT2D eigenvalue weighted by atomic mass is 35.5. The zero-order valence-corrected chi connectivity index (χ0v) is 8.87. The largest absolute Gasteiger partial charge is 0.306 e. The van der Waals surface area contributed by atoms with E-state index in [4.69, 9.17) is 11.6 Å². The monoisotopic (exact) mass is 204 g/mol. The molecule has 68 valence electrons. The highest BCUT2D eigenvalue weighted by molar-refractivity contribution is 7.09. The maximum absolute atomic E-state index is 5.76. The van der Waals surface area contributed by atoms with Gasteiger partial charge in [0.1, 0.15) is 0 Å². The van der Waals surface area contributed by atoms with Crippen LogP contribution in [0.2, 0.25) is 0 Å². The minimum atomic E-state index is 0.00550. The molecule has 0 saturated heterocycles. The smallest absolute Gasteiger partial charge is 0.0794 e. The minimum absolute atomic E-state index is 0.00550. The van der Waals surface area contributed by atoms with Gasteiger partial charge in [-0.2, -0.15) is 0 Å². The lowest BCUT2D eigenvalue weighted by molar-refractivity contribution is 0.431. The molecule has 0 unspecified atom stereocenters. The number of aromatic nitrogens is 1. The van der Waals surface area contributed by atoms with Crippen molar-refractivity contribution in [3.05, 3.63) is 16.6 Å². The van der Waals surface area contributed by atoms with Crippen molar-refractivity contribution in [2.75, 3.05) is 5.88 Å². The van der Waals surface area contributed by atoms with Crippen LogP contribution in [-0.2, 0) is 6.54 Å². The molecular formula is C8H13ClN2S. The van der Waals surface area contributed by atoms with Crippen LogP contribution < -0.4 is 5.32 Å². The van der Waals surface area contributed by atoms with Crippen LogP contribution in [-0.4, -0.2) is 16.4 Å². The molecule has 0 radical (unpaired) electrons. The Morgan fingerprint density at radius 1 is 1.67 bits per heavy atom. The summed E-state index contributed by atoms with van der Waals surface area (Å²) in [6.45, 7) is 5.02. The van der Waals surface area contributed by atoms with E-state index in [9.17, 15) is 0 Å². The molecule has 1 aromatic rings. The first-order chi connectivity index (χ1) is 5.64. The lowest BCUT2D eigenvalue weighted by Gasteiger charge is -2.22. The van der Waals surface area contributed by atoms with E-state index in [1.54, 1.807) is 11.3 Å². The Kier molecular flexibility index (Phi) is 3.50. The molecule has 1 heterocycles. The first kappa shape index (κ1) is 9.96. The summed E-state index contributed by atoms with van der Waals surface area (Å²) in [4.78, 5) is 5.24. The molecule has 0 amide bonds. The summed E-state index contributed by atoms with van der Waals surface area (Å²) in [6, 6.07) is 0. The van der Waals surface area contributed by atoms with Crippen LogP contribution in [0.1, 0.15) is 18.7 Å². The Balaban J connectivity index is 2.36. The number of rotatable bonds is 4. The summed E-state index contributed by atoms with van der Waals surface area (Å²) < 4.78 is 0. The van der Waals surface area contributed by atoms with Gasteiger partial charge in [0, 0.05) is 29.0 Å². The molecule has 0 aromatic carbocycles. The lowest BCUT2D eigenvalue weighted by atomic mass is 10.1. The van der Waals surface area contributed by atoms with Crippen LogP contribution in [0.25, 0.3) is 0 Å². The predicted molar refractivity (Wildman–Crippen MR) is 53.8 cm³/mol. The zero-order valence-electron chi connectivity index (χ0n) is 7.30. The molecule has 0 fully saturated rings. The van der Waals surface area contributed by atoms with Crippen molar-refractivity contribution >= 4 is 22.9 Å². The molecule has 0 atom stereocenters. The van der Waals surface area contributed by atoms with Crippen LogP contribution in [0, 0.1) is 0 Å². The molecule has 0 aliphatic heterocycles. The highest BCUT2D eigenvalue weighted by Gasteiger charge is 2.14. The lowest BCUT2D eigenvalue weighted by Crippen LogP contribution is -2.40. The molecule has 12 heavy (non-hydrogen) atoms. The average molecular weight is 205 g/mol. The molecular weight excluding hydrogens is 192 g/mol. The number of nitrogens with zero attached hydrogens (tertiary/aromatic N) is 1. The van der Waals surface area contributed by atoms with Gasteiger partial charge in [0.2, 0.25) is 0 Å². The summed E-state index contributed by atoms with van der Waals surface area (Å²) >= 11 is 7.42. The Morgan fingerprint density at radius 3 is 2.92 bits per heavy atom. The van der Waals surface area contributed by atoms with Gasteiger partial charge in [0.25, 0.3) is 0 Å². The van der Waals surface area contributed by atoms with Crippen LogP contribution >= 0.6 is 22.9 Å². The summed E-state index contributed by atoms with van der Waals surface area (Å²) in [5, 5.41) is 3.35. The van der Waals surface area contributed by atoms with Gasteiger partial charge in [-0.1, -0.05) is 0 Å². The van der Waals surface area contributed by atoms with Gasteiger partial charge in [-0.15, -0.1) is 22.9 Å². The van der Waals surface area contributed by atoms with Gasteiger partial charge in [-0.3, -0.25) is 4.98 Å². The van der Waals surface area contributed by atoms with Crippen molar-refractivity contribution in [3.63, 3.8) is 0 Å². The van der Waals surface area contributed by atoms with Crippen LogP contribution in [0.4, 0.5) is 0 Å². The van der Waals surface area contributed by atoms with E-state index in [1.165, 1.54) is 4.88 Å². The van der Waals surface area contributed by atoms with Crippen molar-refractivity contribution in [1.29, 1.82) is 0 Å². The van der Waals surface area contributed by atoms with E-state index >= 15 is 0 Å². The highest BCUT2D eigenvalue weighted by Crippen LogP contribution is 2.09. The Morgan fingerprint density at radius 2 is 2.42 bits per heavy atom. The number of alkyl halides is 1.